The first-order valence-corrected chi connectivity index (χ1v) is 7.88. The molecule has 3 rings (SSSR count). The van der Waals surface area contributed by atoms with Crippen LogP contribution in [0.1, 0.15) is 55.3 Å². The quantitative estimate of drug-likeness (QED) is 0.895. The number of hydrogen-bond acceptors (Lipinski definition) is 4. The molecule has 1 amide bonds. The van der Waals surface area contributed by atoms with Crippen molar-refractivity contribution in [1.82, 2.24) is 10.5 Å². The standard InChI is InChI=1S/C14H20N2O2.C2H4O2/c1-9-7-13(16-18-9)14(17)15-8-11-6-5-10-3-2-4-12(10)11;1-2(3)4/h7,10-12H,2-6,8H2,1H3,(H,15,17);1H3,(H,3,4)/t10-,11+,12-;/m0./s1. The third-order valence-electron chi connectivity index (χ3n) is 4.62. The number of carbonyl (C=O) groups is 2. The molecule has 6 heteroatoms. The number of aromatic nitrogens is 1. The second-order valence-electron chi connectivity index (χ2n) is 6.24. The normalized spacial score (nSPS) is 26.0. The smallest absolute Gasteiger partial charge is 0.300 e. The Balaban J connectivity index is 0.000000396. The molecule has 0 aromatic carbocycles. The molecule has 0 bridgehead atoms. The minimum absolute atomic E-state index is 0.103. The van der Waals surface area contributed by atoms with Gasteiger partial charge in [0.05, 0.1) is 0 Å². The molecule has 3 atom stereocenters. The van der Waals surface area contributed by atoms with Crippen molar-refractivity contribution in [1.29, 1.82) is 0 Å². The summed E-state index contributed by atoms with van der Waals surface area (Å²) in [5, 5.41) is 14.2. The summed E-state index contributed by atoms with van der Waals surface area (Å²) in [5.74, 6) is 2.20. The molecule has 6 nitrogen and oxygen atoms in total. The number of rotatable bonds is 3. The van der Waals surface area contributed by atoms with Crippen molar-refractivity contribution in [3.05, 3.63) is 17.5 Å². The fourth-order valence-corrected chi connectivity index (χ4v) is 3.73. The molecular formula is C16H24N2O4. The van der Waals surface area contributed by atoms with Gasteiger partial charge >= 0.3 is 0 Å². The Bertz CT molecular complexity index is 522. The lowest BCUT2D eigenvalue weighted by molar-refractivity contribution is -0.134. The van der Waals surface area contributed by atoms with Crippen LogP contribution in [0.4, 0.5) is 0 Å². The molecule has 2 fully saturated rings. The van der Waals surface area contributed by atoms with Crippen LogP contribution in [0, 0.1) is 24.7 Å². The SMILES string of the molecule is CC(=O)O.Cc1cc(C(=O)NC[C@H]2CC[C@@H]3CCC[C@@H]32)no1. The summed E-state index contributed by atoms with van der Waals surface area (Å²) in [6, 6.07) is 1.68. The van der Waals surface area contributed by atoms with Gasteiger partial charge in [0.25, 0.3) is 11.9 Å². The minimum atomic E-state index is -0.833. The van der Waals surface area contributed by atoms with Crippen LogP contribution in [-0.4, -0.2) is 28.7 Å². The molecule has 2 N–H and O–H groups in total. The fraction of sp³-hybridized carbons (Fsp3) is 0.688. The predicted molar refractivity (Wildman–Crippen MR) is 80.4 cm³/mol. The Hall–Kier alpha value is -1.85. The molecule has 0 radical (unpaired) electrons. The lowest BCUT2D eigenvalue weighted by Gasteiger charge is -2.18. The van der Waals surface area contributed by atoms with Gasteiger partial charge < -0.3 is 14.9 Å². The summed E-state index contributed by atoms with van der Waals surface area (Å²) in [6.07, 6.45) is 6.76. The number of aryl methyl sites for hydroxylation is 1. The molecule has 2 saturated carbocycles. The van der Waals surface area contributed by atoms with E-state index in [1.54, 1.807) is 13.0 Å². The third-order valence-corrected chi connectivity index (χ3v) is 4.62. The highest BCUT2D eigenvalue weighted by Gasteiger charge is 2.38. The topological polar surface area (TPSA) is 92.4 Å². The highest BCUT2D eigenvalue weighted by Crippen LogP contribution is 2.47. The summed E-state index contributed by atoms with van der Waals surface area (Å²) in [4.78, 5) is 20.9. The number of carbonyl (C=O) groups excluding carboxylic acids is 1. The Labute approximate surface area is 130 Å². The predicted octanol–water partition coefficient (Wildman–Crippen LogP) is 2.63. The summed E-state index contributed by atoms with van der Waals surface area (Å²) in [6.45, 7) is 3.68. The van der Waals surface area contributed by atoms with Crippen LogP contribution in [-0.2, 0) is 4.79 Å². The van der Waals surface area contributed by atoms with Crippen molar-refractivity contribution < 1.29 is 19.2 Å². The van der Waals surface area contributed by atoms with E-state index in [4.69, 9.17) is 14.4 Å². The average Bonchev–Trinajstić information content (AvgIpc) is 3.11. The molecule has 1 heterocycles. The molecule has 2 aliphatic rings. The monoisotopic (exact) mass is 308 g/mol. The van der Waals surface area contributed by atoms with E-state index < -0.39 is 5.97 Å². The van der Waals surface area contributed by atoms with Gasteiger partial charge in [0.15, 0.2) is 5.69 Å². The van der Waals surface area contributed by atoms with Crippen molar-refractivity contribution in [2.45, 2.75) is 46.0 Å². The number of amides is 1. The summed E-state index contributed by atoms with van der Waals surface area (Å²) in [7, 11) is 0. The number of carboxylic acid groups (broad SMARTS) is 1. The van der Waals surface area contributed by atoms with Crippen LogP contribution >= 0.6 is 0 Å². The van der Waals surface area contributed by atoms with Crippen LogP contribution in [0.5, 0.6) is 0 Å². The second-order valence-corrected chi connectivity index (χ2v) is 6.24. The maximum Gasteiger partial charge on any atom is 0.300 e. The van der Waals surface area contributed by atoms with Crippen molar-refractivity contribution in [3.8, 4) is 0 Å². The van der Waals surface area contributed by atoms with E-state index in [-0.39, 0.29) is 5.91 Å². The van der Waals surface area contributed by atoms with Gasteiger partial charge in [0, 0.05) is 19.5 Å². The molecule has 1 aromatic rings. The minimum Gasteiger partial charge on any atom is -0.481 e. The summed E-state index contributed by atoms with van der Waals surface area (Å²) >= 11 is 0. The van der Waals surface area contributed by atoms with E-state index in [0.717, 1.165) is 25.3 Å². The lowest BCUT2D eigenvalue weighted by Crippen LogP contribution is -2.31. The summed E-state index contributed by atoms with van der Waals surface area (Å²) < 4.78 is 4.92. The average molecular weight is 308 g/mol. The molecule has 122 valence electrons. The van der Waals surface area contributed by atoms with Crippen molar-refractivity contribution >= 4 is 11.9 Å². The maximum atomic E-state index is 11.9. The van der Waals surface area contributed by atoms with E-state index in [0.29, 0.717) is 17.4 Å². The zero-order valence-corrected chi connectivity index (χ0v) is 13.2. The highest BCUT2D eigenvalue weighted by atomic mass is 16.5. The van der Waals surface area contributed by atoms with E-state index in [9.17, 15) is 4.79 Å². The number of hydrogen-bond donors (Lipinski definition) is 2. The van der Waals surface area contributed by atoms with Crippen molar-refractivity contribution in [2.75, 3.05) is 6.54 Å². The van der Waals surface area contributed by atoms with Crippen LogP contribution < -0.4 is 5.32 Å². The van der Waals surface area contributed by atoms with E-state index >= 15 is 0 Å². The van der Waals surface area contributed by atoms with Gasteiger partial charge in [0.1, 0.15) is 5.76 Å². The van der Waals surface area contributed by atoms with Crippen molar-refractivity contribution in [3.63, 3.8) is 0 Å². The van der Waals surface area contributed by atoms with Gasteiger partial charge in [-0.2, -0.15) is 0 Å². The number of carboxylic acids is 1. The number of fused-ring (bicyclic) bond motifs is 1. The first-order valence-electron chi connectivity index (χ1n) is 7.88. The summed E-state index contributed by atoms with van der Waals surface area (Å²) in [5.41, 5.74) is 0.397. The maximum absolute atomic E-state index is 11.9. The Morgan fingerprint density at radius 2 is 2.09 bits per heavy atom. The lowest BCUT2D eigenvalue weighted by atomic mass is 9.92. The van der Waals surface area contributed by atoms with Gasteiger partial charge in [0.2, 0.25) is 0 Å². The third kappa shape index (κ3) is 4.32. The number of nitrogens with zero attached hydrogens (tertiary/aromatic N) is 1. The molecule has 2 aliphatic carbocycles. The van der Waals surface area contributed by atoms with Crippen LogP contribution in [0.3, 0.4) is 0 Å². The number of nitrogens with one attached hydrogen (secondary N) is 1. The zero-order valence-electron chi connectivity index (χ0n) is 13.2. The van der Waals surface area contributed by atoms with Crippen LogP contribution in [0.2, 0.25) is 0 Å². The highest BCUT2D eigenvalue weighted by molar-refractivity contribution is 5.92. The first-order chi connectivity index (χ1) is 10.5. The Morgan fingerprint density at radius 3 is 2.73 bits per heavy atom. The van der Waals surface area contributed by atoms with Crippen molar-refractivity contribution in [2.24, 2.45) is 17.8 Å². The molecular weight excluding hydrogens is 284 g/mol. The van der Waals surface area contributed by atoms with Gasteiger partial charge in [-0.1, -0.05) is 18.0 Å². The Kier molecular flexibility index (Phi) is 5.57. The first kappa shape index (κ1) is 16.5. The van der Waals surface area contributed by atoms with Crippen LogP contribution in [0.15, 0.2) is 10.6 Å². The number of aliphatic carboxylic acids is 1. The fourth-order valence-electron chi connectivity index (χ4n) is 3.73. The second kappa shape index (κ2) is 7.42. The van der Waals surface area contributed by atoms with Gasteiger partial charge in [-0.25, -0.2) is 0 Å². The molecule has 0 spiro atoms. The zero-order chi connectivity index (χ0) is 16.1. The van der Waals surface area contributed by atoms with E-state index in [1.807, 2.05) is 0 Å². The largest absolute Gasteiger partial charge is 0.481 e. The molecule has 0 aliphatic heterocycles. The Morgan fingerprint density at radius 1 is 1.36 bits per heavy atom. The van der Waals surface area contributed by atoms with Gasteiger partial charge in [-0.15, -0.1) is 0 Å². The van der Waals surface area contributed by atoms with Gasteiger partial charge in [-0.3, -0.25) is 9.59 Å². The van der Waals surface area contributed by atoms with E-state index in [1.165, 1.54) is 32.1 Å². The van der Waals surface area contributed by atoms with E-state index in [2.05, 4.69) is 10.5 Å². The molecule has 22 heavy (non-hydrogen) atoms. The van der Waals surface area contributed by atoms with Gasteiger partial charge in [-0.05, 0) is 43.9 Å². The molecule has 0 unspecified atom stereocenters. The molecule has 0 saturated heterocycles. The molecule has 1 aromatic heterocycles. The van der Waals surface area contributed by atoms with Crippen LogP contribution in [0.25, 0.3) is 0 Å².